The Morgan fingerprint density at radius 1 is 0.957 bits per heavy atom. The molecule has 0 bridgehead atoms. The predicted octanol–water partition coefficient (Wildman–Crippen LogP) is 5.80. The Bertz CT molecular complexity index is 1840. The van der Waals surface area contributed by atoms with Crippen LogP contribution < -0.4 is 10.2 Å². The van der Waals surface area contributed by atoms with E-state index >= 15 is 0 Å². The van der Waals surface area contributed by atoms with Crippen LogP contribution in [0.15, 0.2) is 128 Å². The molecule has 3 atom stereocenters. The first-order valence-electron chi connectivity index (χ1n) is 15.3. The highest BCUT2D eigenvalue weighted by molar-refractivity contribution is 6.13. The first kappa shape index (κ1) is 30.6. The minimum absolute atomic E-state index is 0.0775. The van der Waals surface area contributed by atoms with E-state index in [1.165, 1.54) is 4.90 Å². The summed E-state index contributed by atoms with van der Waals surface area (Å²) in [7, 11) is 0. The van der Waals surface area contributed by atoms with Gasteiger partial charge in [0.05, 0.1) is 23.9 Å². The van der Waals surface area contributed by atoms with Gasteiger partial charge in [-0.2, -0.15) is 0 Å². The Labute approximate surface area is 267 Å². The lowest BCUT2D eigenvalue weighted by Gasteiger charge is -2.27. The maximum atomic E-state index is 14.1. The second-order valence-electron chi connectivity index (χ2n) is 11.4. The molecule has 5 aromatic rings. The molecule has 1 aliphatic heterocycles. The van der Waals surface area contributed by atoms with E-state index in [0.717, 1.165) is 5.56 Å². The van der Waals surface area contributed by atoms with Crippen LogP contribution in [0, 0.1) is 5.92 Å². The highest BCUT2D eigenvalue weighted by atomic mass is 16.3. The van der Waals surface area contributed by atoms with Crippen molar-refractivity contribution >= 4 is 28.9 Å². The number of aromatic nitrogens is 3. The largest absolute Gasteiger partial charge is 0.395 e. The number of nitrogens with one attached hydrogen (secondary N) is 1. The number of anilines is 3. The summed E-state index contributed by atoms with van der Waals surface area (Å²) in [6.07, 6.45) is 6.17. The van der Waals surface area contributed by atoms with E-state index in [2.05, 4.69) is 15.6 Å². The van der Waals surface area contributed by atoms with Crippen LogP contribution in [0.25, 0.3) is 0 Å². The van der Waals surface area contributed by atoms with Crippen LogP contribution in [0.3, 0.4) is 0 Å². The van der Waals surface area contributed by atoms with E-state index in [9.17, 15) is 19.8 Å². The molecule has 0 aliphatic carbocycles. The van der Waals surface area contributed by atoms with Gasteiger partial charge in [0.15, 0.2) is 5.60 Å². The van der Waals surface area contributed by atoms with Crippen molar-refractivity contribution in [3.05, 3.63) is 150 Å². The van der Waals surface area contributed by atoms with Crippen LogP contribution in [0.2, 0.25) is 0 Å². The van der Waals surface area contributed by atoms with Gasteiger partial charge in [-0.15, -0.1) is 5.10 Å². The number of carbonyl (C=O) groups is 2. The first-order chi connectivity index (χ1) is 22.4. The topological polar surface area (TPSA) is 121 Å². The maximum Gasteiger partial charge on any atom is 0.268 e. The zero-order valence-electron chi connectivity index (χ0n) is 25.4. The average Bonchev–Trinajstić information content (AvgIpc) is 3.65. The summed E-state index contributed by atoms with van der Waals surface area (Å²) in [4.78, 5) is 28.5. The summed E-state index contributed by atoms with van der Waals surface area (Å²) in [6.45, 7) is 2.25. The van der Waals surface area contributed by atoms with Crippen molar-refractivity contribution in [3.63, 3.8) is 0 Å². The van der Waals surface area contributed by atoms with Crippen molar-refractivity contribution in [3.8, 4) is 0 Å². The van der Waals surface area contributed by atoms with Crippen LogP contribution >= 0.6 is 0 Å². The van der Waals surface area contributed by atoms with E-state index in [-0.39, 0.29) is 18.4 Å². The van der Waals surface area contributed by atoms with Crippen molar-refractivity contribution in [2.75, 3.05) is 16.8 Å². The molecule has 6 rings (SSSR count). The molecule has 46 heavy (non-hydrogen) atoms. The molecule has 1 unspecified atom stereocenters. The molecule has 0 spiro atoms. The third-order valence-corrected chi connectivity index (χ3v) is 8.39. The van der Waals surface area contributed by atoms with Gasteiger partial charge in [0.2, 0.25) is 0 Å². The third kappa shape index (κ3) is 5.98. The molecular weight excluding hydrogens is 578 g/mol. The molecule has 0 saturated carbocycles. The SMILES string of the molecule is C[C@@H](/C=C/CCn1cc(C(CO)c2ccccc2)nn1)[C@]1(O)C(=O)N(c2ccccc2)c2ccc(NC(=O)c3ccccc3)cc21. The zero-order valence-corrected chi connectivity index (χ0v) is 25.4. The maximum absolute atomic E-state index is 14.1. The van der Waals surface area contributed by atoms with Gasteiger partial charge in [0.1, 0.15) is 0 Å². The molecular formula is C37H35N5O4. The second kappa shape index (κ2) is 13.3. The fourth-order valence-electron chi connectivity index (χ4n) is 5.86. The molecule has 1 aromatic heterocycles. The number of para-hydroxylation sites is 1. The number of fused-ring (bicyclic) bond motifs is 1. The quantitative estimate of drug-likeness (QED) is 0.162. The van der Waals surface area contributed by atoms with E-state index in [0.29, 0.717) is 46.8 Å². The van der Waals surface area contributed by atoms with E-state index in [4.69, 9.17) is 0 Å². The summed E-state index contributed by atoms with van der Waals surface area (Å²) in [5.41, 5.74) is 2.37. The molecule has 4 aromatic carbocycles. The van der Waals surface area contributed by atoms with Crippen molar-refractivity contribution in [1.29, 1.82) is 0 Å². The lowest BCUT2D eigenvalue weighted by Crippen LogP contribution is -2.42. The van der Waals surface area contributed by atoms with Gasteiger partial charge >= 0.3 is 0 Å². The Balaban J connectivity index is 1.21. The number of amides is 2. The van der Waals surface area contributed by atoms with Crippen molar-refractivity contribution in [1.82, 2.24) is 15.0 Å². The molecule has 0 fully saturated rings. The number of rotatable bonds is 11. The Kier molecular flexibility index (Phi) is 8.87. The third-order valence-electron chi connectivity index (χ3n) is 8.39. The molecule has 9 heteroatoms. The first-order valence-corrected chi connectivity index (χ1v) is 15.3. The van der Waals surface area contributed by atoms with Gasteiger partial charge in [-0.05, 0) is 54.4 Å². The lowest BCUT2D eigenvalue weighted by molar-refractivity contribution is -0.138. The minimum Gasteiger partial charge on any atom is -0.395 e. The van der Waals surface area contributed by atoms with Crippen LogP contribution in [-0.4, -0.2) is 43.6 Å². The summed E-state index contributed by atoms with van der Waals surface area (Å²) < 4.78 is 1.72. The number of benzene rings is 4. The standard InChI is InChI=1S/C37H35N5O4/c1-26(13-11-12-22-41-24-33(39-40-41)31(25-43)27-14-5-2-6-15-27)37(46)32-23-29(38-35(44)28-16-7-3-8-17-28)20-21-34(32)42(36(37)45)30-18-9-4-10-19-30/h2-11,13-21,23-24,26,31,43,46H,12,22,25H2,1H3,(H,38,44)/b13-11+/t26-,31?,37+/m0/s1. The van der Waals surface area contributed by atoms with E-state index < -0.39 is 17.4 Å². The predicted molar refractivity (Wildman–Crippen MR) is 177 cm³/mol. The molecule has 3 N–H and O–H groups in total. The Morgan fingerprint density at radius 2 is 1.63 bits per heavy atom. The molecule has 2 heterocycles. The van der Waals surface area contributed by atoms with Crippen molar-refractivity contribution < 1.29 is 19.8 Å². The summed E-state index contributed by atoms with van der Waals surface area (Å²) in [5.74, 6) is -1.61. The number of carbonyl (C=O) groups excluding carboxylic acids is 2. The van der Waals surface area contributed by atoms with Crippen LogP contribution in [0.4, 0.5) is 17.1 Å². The molecule has 9 nitrogen and oxygen atoms in total. The number of allylic oxidation sites excluding steroid dienone is 1. The van der Waals surface area contributed by atoms with Crippen molar-refractivity contribution in [2.24, 2.45) is 5.92 Å². The average molecular weight is 614 g/mol. The van der Waals surface area contributed by atoms with Crippen LogP contribution in [0.5, 0.6) is 0 Å². The number of aliphatic hydroxyl groups excluding tert-OH is 1. The normalized spacial score (nSPS) is 17.2. The van der Waals surface area contributed by atoms with Gasteiger partial charge in [0, 0.05) is 41.2 Å². The zero-order chi connectivity index (χ0) is 32.1. The van der Waals surface area contributed by atoms with Gasteiger partial charge in [-0.1, -0.05) is 91.0 Å². The highest BCUT2D eigenvalue weighted by Gasteiger charge is 2.53. The smallest absolute Gasteiger partial charge is 0.268 e. The summed E-state index contributed by atoms with van der Waals surface area (Å²) >= 11 is 0. The number of nitrogens with zero attached hydrogens (tertiary/aromatic N) is 4. The Hall–Kier alpha value is -5.38. The summed E-state index contributed by atoms with van der Waals surface area (Å²) in [6, 6.07) is 32.9. The van der Waals surface area contributed by atoms with Crippen LogP contribution in [-0.2, 0) is 16.9 Å². The molecule has 0 radical (unpaired) electrons. The molecule has 2 amide bonds. The monoisotopic (exact) mass is 613 g/mol. The Morgan fingerprint density at radius 3 is 2.33 bits per heavy atom. The second-order valence-corrected chi connectivity index (χ2v) is 11.4. The number of hydrogen-bond acceptors (Lipinski definition) is 6. The van der Waals surface area contributed by atoms with Gasteiger partial charge in [0.25, 0.3) is 11.8 Å². The molecule has 232 valence electrons. The number of aliphatic hydroxyl groups is 2. The molecule has 1 aliphatic rings. The fraction of sp³-hybridized carbons (Fsp3) is 0.189. The number of aryl methyl sites for hydroxylation is 1. The van der Waals surface area contributed by atoms with Gasteiger partial charge in [-0.25, -0.2) is 0 Å². The lowest BCUT2D eigenvalue weighted by atomic mass is 9.82. The van der Waals surface area contributed by atoms with Gasteiger partial charge in [-0.3, -0.25) is 19.2 Å². The van der Waals surface area contributed by atoms with Gasteiger partial charge < -0.3 is 15.5 Å². The molecule has 0 saturated heterocycles. The fourth-order valence-corrected chi connectivity index (χ4v) is 5.86. The number of hydrogen-bond donors (Lipinski definition) is 3. The minimum atomic E-state index is -1.88. The highest BCUT2D eigenvalue weighted by Crippen LogP contribution is 2.49. The van der Waals surface area contributed by atoms with E-state index in [1.807, 2.05) is 85.1 Å². The van der Waals surface area contributed by atoms with Crippen LogP contribution in [0.1, 0.15) is 46.4 Å². The van der Waals surface area contributed by atoms with E-state index in [1.54, 1.807) is 54.1 Å². The summed E-state index contributed by atoms with van der Waals surface area (Å²) in [5, 5.41) is 33.6. The van der Waals surface area contributed by atoms with Crippen molar-refractivity contribution in [2.45, 2.75) is 31.4 Å².